The van der Waals surface area contributed by atoms with Crippen LogP contribution in [0.25, 0.3) is 0 Å². The number of hydrogen-bond donors (Lipinski definition) is 1. The summed E-state index contributed by atoms with van der Waals surface area (Å²) in [6.07, 6.45) is 1.05. The second-order valence-corrected chi connectivity index (χ2v) is 5.32. The zero-order valence-corrected chi connectivity index (χ0v) is 10.6. The first-order valence-corrected chi connectivity index (χ1v) is 6.66. The molecule has 0 aliphatic heterocycles. The molecule has 0 fully saturated rings. The van der Waals surface area contributed by atoms with Crippen LogP contribution < -0.4 is 0 Å². The zero-order valence-electron chi connectivity index (χ0n) is 9.81. The lowest BCUT2D eigenvalue weighted by Crippen LogP contribution is -2.08. The molecule has 0 saturated heterocycles. The topological polar surface area (TPSA) is 104 Å². The summed E-state index contributed by atoms with van der Waals surface area (Å²) in [5.74, 6) is -1.17. The van der Waals surface area contributed by atoms with Crippen molar-refractivity contribution in [3.05, 3.63) is 41.3 Å². The van der Waals surface area contributed by atoms with Gasteiger partial charge in [-0.3, -0.25) is 0 Å². The second-order valence-electron chi connectivity index (χ2n) is 3.41. The second kappa shape index (κ2) is 6.68. The Labute approximate surface area is 110 Å². The number of rotatable bonds is 6. The molecular formula is C12H11NO5S. The van der Waals surface area contributed by atoms with Crippen molar-refractivity contribution in [2.24, 2.45) is 0 Å². The third kappa shape index (κ3) is 4.21. The molecule has 0 heterocycles. The number of nitrogens with zero attached hydrogens (tertiary/aromatic N) is 1. The summed E-state index contributed by atoms with van der Waals surface area (Å²) in [7, 11) is -3.88. The molecule has 1 N–H and O–H groups in total. The predicted octanol–water partition coefficient (Wildman–Crippen LogP) is 0.969. The van der Waals surface area contributed by atoms with Gasteiger partial charge < -0.3 is 9.84 Å². The molecular weight excluding hydrogens is 270 g/mol. The molecule has 0 radical (unpaired) electrons. The Kier molecular flexibility index (Phi) is 5.23. The number of benzene rings is 1. The molecule has 0 bridgehead atoms. The Bertz CT molecular complexity index is 613. The largest absolute Gasteiger partial charge is 0.480 e. The van der Waals surface area contributed by atoms with Gasteiger partial charge in [0.2, 0.25) is 9.84 Å². The van der Waals surface area contributed by atoms with Crippen LogP contribution in [-0.4, -0.2) is 32.7 Å². The molecule has 19 heavy (non-hydrogen) atoms. The lowest BCUT2D eigenvalue weighted by Gasteiger charge is -2.02. The van der Waals surface area contributed by atoms with Gasteiger partial charge in [-0.05, 0) is 18.2 Å². The fourth-order valence-electron chi connectivity index (χ4n) is 1.22. The highest BCUT2D eigenvalue weighted by Gasteiger charge is 2.19. The molecule has 1 aromatic rings. The van der Waals surface area contributed by atoms with Gasteiger partial charge in [0.1, 0.15) is 17.6 Å². The molecule has 1 aromatic carbocycles. The number of ether oxygens (including phenoxy) is 1. The monoisotopic (exact) mass is 281 g/mol. The normalized spacial score (nSPS) is 11.8. The standard InChI is InChI=1S/C12H11NO5S/c13-8-11(6-7-18-9-12(14)15)19(16,17)10-4-2-1-3-5-10/h1-6H,7,9H2,(H,14,15)/b11-6-. The van der Waals surface area contributed by atoms with Crippen LogP contribution >= 0.6 is 0 Å². The molecule has 0 saturated carbocycles. The predicted molar refractivity (Wildman–Crippen MR) is 65.8 cm³/mol. The van der Waals surface area contributed by atoms with E-state index in [9.17, 15) is 13.2 Å². The lowest BCUT2D eigenvalue weighted by molar-refractivity contribution is -0.141. The first-order valence-electron chi connectivity index (χ1n) is 5.18. The summed E-state index contributed by atoms with van der Waals surface area (Å²) >= 11 is 0. The molecule has 7 heteroatoms. The maximum absolute atomic E-state index is 12.0. The first-order chi connectivity index (χ1) is 8.98. The molecule has 0 aromatic heterocycles. The third-order valence-electron chi connectivity index (χ3n) is 2.07. The van der Waals surface area contributed by atoms with Crippen molar-refractivity contribution in [1.82, 2.24) is 0 Å². The maximum atomic E-state index is 12.0. The van der Waals surface area contributed by atoms with Gasteiger partial charge in [-0.15, -0.1) is 0 Å². The number of carboxylic acid groups (broad SMARTS) is 1. The van der Waals surface area contributed by atoms with Crippen molar-refractivity contribution in [3.8, 4) is 6.07 Å². The van der Waals surface area contributed by atoms with Crippen molar-refractivity contribution in [2.75, 3.05) is 13.2 Å². The van der Waals surface area contributed by atoms with Crippen molar-refractivity contribution in [1.29, 1.82) is 5.26 Å². The summed E-state index contributed by atoms with van der Waals surface area (Å²) in [6, 6.07) is 9.07. The molecule has 100 valence electrons. The maximum Gasteiger partial charge on any atom is 0.329 e. The van der Waals surface area contributed by atoms with Crippen LogP contribution in [-0.2, 0) is 19.4 Å². The molecule has 0 aliphatic rings. The van der Waals surface area contributed by atoms with Crippen molar-refractivity contribution < 1.29 is 23.1 Å². The van der Waals surface area contributed by atoms with Gasteiger partial charge in [-0.2, -0.15) is 5.26 Å². The highest BCUT2D eigenvalue weighted by molar-refractivity contribution is 7.95. The van der Waals surface area contributed by atoms with Gasteiger partial charge in [0, 0.05) is 0 Å². The minimum absolute atomic E-state index is 0.000958. The van der Waals surface area contributed by atoms with Crippen LogP contribution in [0.15, 0.2) is 46.2 Å². The van der Waals surface area contributed by atoms with Gasteiger partial charge in [-0.25, -0.2) is 13.2 Å². The molecule has 0 unspecified atom stereocenters. The number of aliphatic carboxylic acids is 1. The minimum Gasteiger partial charge on any atom is -0.480 e. The van der Waals surface area contributed by atoms with E-state index in [1.54, 1.807) is 24.3 Å². The van der Waals surface area contributed by atoms with E-state index in [-0.39, 0.29) is 11.5 Å². The van der Waals surface area contributed by atoms with Crippen LogP contribution in [0.1, 0.15) is 0 Å². The highest BCUT2D eigenvalue weighted by atomic mass is 32.2. The van der Waals surface area contributed by atoms with Crippen LogP contribution in [0, 0.1) is 11.3 Å². The molecule has 0 spiro atoms. The fraction of sp³-hybridized carbons (Fsp3) is 0.167. The van der Waals surface area contributed by atoms with E-state index in [1.807, 2.05) is 0 Å². The van der Waals surface area contributed by atoms with Gasteiger partial charge in [-0.1, -0.05) is 18.2 Å². The number of carboxylic acids is 1. The average molecular weight is 281 g/mol. The van der Waals surface area contributed by atoms with Crippen molar-refractivity contribution >= 4 is 15.8 Å². The molecule has 0 atom stereocenters. The van der Waals surface area contributed by atoms with Gasteiger partial charge in [0.25, 0.3) is 0 Å². The van der Waals surface area contributed by atoms with Crippen LogP contribution in [0.5, 0.6) is 0 Å². The van der Waals surface area contributed by atoms with Crippen LogP contribution in [0.4, 0.5) is 0 Å². The summed E-state index contributed by atoms with van der Waals surface area (Å²) < 4.78 is 28.7. The molecule has 0 amide bonds. The van der Waals surface area contributed by atoms with E-state index in [1.165, 1.54) is 12.1 Å². The number of sulfone groups is 1. The van der Waals surface area contributed by atoms with Crippen molar-refractivity contribution in [2.45, 2.75) is 4.90 Å². The number of hydrogen-bond acceptors (Lipinski definition) is 5. The number of carbonyl (C=O) groups is 1. The van der Waals surface area contributed by atoms with Crippen LogP contribution in [0.2, 0.25) is 0 Å². The summed E-state index contributed by atoms with van der Waals surface area (Å²) in [5, 5.41) is 17.2. The Balaban J connectivity index is 2.89. The Morgan fingerprint density at radius 3 is 2.53 bits per heavy atom. The van der Waals surface area contributed by atoms with E-state index in [2.05, 4.69) is 4.74 Å². The summed E-state index contributed by atoms with van der Waals surface area (Å²) in [6.45, 7) is -0.818. The third-order valence-corrected chi connectivity index (χ3v) is 3.80. The van der Waals surface area contributed by atoms with E-state index in [0.717, 1.165) is 6.08 Å². The lowest BCUT2D eigenvalue weighted by atomic mass is 10.4. The fourth-order valence-corrected chi connectivity index (χ4v) is 2.40. The molecule has 0 aliphatic carbocycles. The van der Waals surface area contributed by atoms with E-state index < -0.39 is 27.3 Å². The van der Waals surface area contributed by atoms with Gasteiger partial charge in [0.15, 0.2) is 0 Å². The average Bonchev–Trinajstić information content (AvgIpc) is 2.39. The number of allylic oxidation sites excluding steroid dienone is 1. The van der Waals surface area contributed by atoms with Gasteiger partial charge >= 0.3 is 5.97 Å². The SMILES string of the molecule is N#C/C(=C/COCC(=O)O)S(=O)(=O)c1ccccc1. The van der Waals surface area contributed by atoms with Crippen LogP contribution in [0.3, 0.4) is 0 Å². The minimum atomic E-state index is -3.88. The molecule has 6 nitrogen and oxygen atoms in total. The Morgan fingerprint density at radius 1 is 1.37 bits per heavy atom. The van der Waals surface area contributed by atoms with E-state index in [0.29, 0.717) is 0 Å². The highest BCUT2D eigenvalue weighted by Crippen LogP contribution is 2.17. The first kappa shape index (κ1) is 14.9. The smallest absolute Gasteiger partial charge is 0.329 e. The van der Waals surface area contributed by atoms with E-state index in [4.69, 9.17) is 10.4 Å². The quantitative estimate of drug-likeness (QED) is 0.615. The zero-order chi connectivity index (χ0) is 14.3. The summed E-state index contributed by atoms with van der Waals surface area (Å²) in [5.41, 5.74) is 0. The number of nitriles is 1. The van der Waals surface area contributed by atoms with E-state index >= 15 is 0 Å². The van der Waals surface area contributed by atoms with Crippen molar-refractivity contribution in [3.63, 3.8) is 0 Å². The Hall–Kier alpha value is -2.17. The Morgan fingerprint density at radius 2 is 2.00 bits per heavy atom. The van der Waals surface area contributed by atoms with Gasteiger partial charge in [0.05, 0.1) is 11.5 Å². The molecule has 1 rings (SSSR count). The summed E-state index contributed by atoms with van der Waals surface area (Å²) in [4.78, 5) is 9.74.